The van der Waals surface area contributed by atoms with Gasteiger partial charge >= 0.3 is 5.97 Å². The van der Waals surface area contributed by atoms with Crippen LogP contribution < -0.4 is 15.9 Å². The number of hydrogen-bond acceptors (Lipinski definition) is 7. The molecule has 2 fully saturated rings. The molecular formula is C51H68N3O6PS. The zero-order valence-corrected chi connectivity index (χ0v) is 39.8. The third-order valence-electron chi connectivity index (χ3n) is 11.7. The van der Waals surface area contributed by atoms with Crippen molar-refractivity contribution in [1.29, 1.82) is 0 Å². The van der Waals surface area contributed by atoms with E-state index in [1.807, 2.05) is 48.5 Å². The molecule has 3 heterocycles. The number of unbranched alkanes of at least 4 members (excludes halogenated alkanes) is 1. The third-order valence-corrected chi connectivity index (χ3v) is 13.5. The maximum Gasteiger partial charge on any atom is 0.306 e. The minimum Gasteiger partial charge on any atom is -0.466 e. The second-order valence-corrected chi connectivity index (χ2v) is 21.0. The molecule has 2 aliphatic heterocycles. The summed E-state index contributed by atoms with van der Waals surface area (Å²) in [5.41, 5.74) is 6.00. The summed E-state index contributed by atoms with van der Waals surface area (Å²) in [5.74, 6) is -0.0120. The number of aromatic nitrogens is 1. The van der Waals surface area contributed by atoms with Crippen molar-refractivity contribution in [2.75, 3.05) is 18.5 Å². The van der Waals surface area contributed by atoms with Gasteiger partial charge in [0, 0.05) is 48.1 Å². The number of carbonyl (C=O) groups is 3. The summed E-state index contributed by atoms with van der Waals surface area (Å²) in [6.07, 6.45) is 6.28. The van der Waals surface area contributed by atoms with Crippen molar-refractivity contribution < 1.29 is 28.6 Å². The number of para-hydroxylation sites is 1. The Labute approximate surface area is 376 Å². The number of amides is 2. The average molecular weight is 882 g/mol. The molecule has 0 aliphatic carbocycles. The number of benzene rings is 3. The van der Waals surface area contributed by atoms with Crippen molar-refractivity contribution in [2.45, 2.75) is 147 Å². The van der Waals surface area contributed by atoms with Gasteiger partial charge in [0.1, 0.15) is 4.93 Å². The fourth-order valence-electron chi connectivity index (χ4n) is 9.34. The molecule has 1 aromatic heterocycles. The van der Waals surface area contributed by atoms with Gasteiger partial charge in [0.05, 0.1) is 35.7 Å². The number of nitrogens with one attached hydrogen (secondary N) is 2. The molecule has 334 valence electrons. The number of carbonyl (C=O) groups excluding carboxylic acids is 3. The van der Waals surface area contributed by atoms with Crippen LogP contribution in [0.1, 0.15) is 128 Å². The SMILES string of the molecule is CCCCOC(=O)CC1CC(CCNC(=O)CC2CC(CCn3c(-c4ccc(P)cc4)c(-c4ccccc4)c(C(=O)Nc4ccccc4)c3C(C)C)OC(C)(C)S2)OC(C)(C)C1. The van der Waals surface area contributed by atoms with Crippen molar-refractivity contribution in [3.8, 4) is 22.4 Å². The number of anilines is 1. The van der Waals surface area contributed by atoms with Crippen LogP contribution in [0.15, 0.2) is 84.9 Å². The van der Waals surface area contributed by atoms with Crippen molar-refractivity contribution in [2.24, 2.45) is 5.92 Å². The normalized spacial score (nSPS) is 20.7. The molecule has 3 aromatic carbocycles. The highest BCUT2D eigenvalue weighted by atomic mass is 32.2. The Bertz CT molecular complexity index is 2100. The fourth-order valence-corrected chi connectivity index (χ4v) is 11.1. The minimum absolute atomic E-state index is 0.0268. The van der Waals surface area contributed by atoms with Gasteiger partial charge in [-0.2, -0.15) is 0 Å². The first-order valence-electron chi connectivity index (χ1n) is 22.6. The van der Waals surface area contributed by atoms with Crippen molar-refractivity contribution in [3.63, 3.8) is 0 Å². The molecule has 2 saturated heterocycles. The number of ether oxygens (including phenoxy) is 3. The van der Waals surface area contributed by atoms with Gasteiger partial charge in [0.2, 0.25) is 5.91 Å². The molecule has 6 rings (SSSR count). The summed E-state index contributed by atoms with van der Waals surface area (Å²) < 4.78 is 21.0. The van der Waals surface area contributed by atoms with Gasteiger partial charge in [-0.25, -0.2) is 0 Å². The average Bonchev–Trinajstić information content (AvgIpc) is 3.56. The van der Waals surface area contributed by atoms with Gasteiger partial charge in [-0.3, -0.25) is 14.4 Å². The molecule has 0 spiro atoms. The summed E-state index contributed by atoms with van der Waals surface area (Å²) in [6, 6.07) is 28.3. The first-order chi connectivity index (χ1) is 29.6. The molecule has 9 nitrogen and oxygen atoms in total. The van der Waals surface area contributed by atoms with Gasteiger partial charge in [0.25, 0.3) is 5.91 Å². The summed E-state index contributed by atoms with van der Waals surface area (Å²) in [5, 5.41) is 7.56. The lowest BCUT2D eigenvalue weighted by Gasteiger charge is -2.41. The Morgan fingerprint density at radius 2 is 1.55 bits per heavy atom. The lowest BCUT2D eigenvalue weighted by Crippen LogP contribution is -2.42. The third kappa shape index (κ3) is 13.1. The van der Waals surface area contributed by atoms with Crippen LogP contribution in [-0.4, -0.2) is 63.5 Å². The molecule has 2 N–H and O–H groups in total. The van der Waals surface area contributed by atoms with Crippen LogP contribution in [0.2, 0.25) is 0 Å². The maximum atomic E-state index is 14.6. The minimum atomic E-state index is -0.479. The van der Waals surface area contributed by atoms with Crippen molar-refractivity contribution in [1.82, 2.24) is 9.88 Å². The Morgan fingerprint density at radius 3 is 2.23 bits per heavy atom. The Balaban J connectivity index is 1.17. The second kappa shape index (κ2) is 21.6. The van der Waals surface area contributed by atoms with Gasteiger partial charge in [-0.15, -0.1) is 21.0 Å². The van der Waals surface area contributed by atoms with Crippen molar-refractivity contribution in [3.05, 3.63) is 96.2 Å². The quantitative estimate of drug-likeness (QED) is 0.0582. The zero-order valence-electron chi connectivity index (χ0n) is 37.8. The molecule has 0 radical (unpaired) electrons. The molecule has 5 atom stereocenters. The number of esters is 1. The second-order valence-electron chi connectivity index (χ2n) is 18.4. The number of thioether (sulfide) groups is 1. The van der Waals surface area contributed by atoms with Crippen LogP contribution in [0.4, 0.5) is 5.69 Å². The fraction of sp³-hybridized carbons (Fsp3) is 0.510. The highest BCUT2D eigenvalue weighted by Crippen LogP contribution is 2.45. The summed E-state index contributed by atoms with van der Waals surface area (Å²) in [6.45, 7) is 16.4. The van der Waals surface area contributed by atoms with E-state index in [0.29, 0.717) is 50.9 Å². The van der Waals surface area contributed by atoms with Gasteiger partial charge in [-0.05, 0) is 107 Å². The molecule has 4 aromatic rings. The topological polar surface area (TPSA) is 108 Å². The van der Waals surface area contributed by atoms with Gasteiger partial charge in [-0.1, -0.05) is 100.0 Å². The molecule has 5 unspecified atom stereocenters. The van der Waals surface area contributed by atoms with E-state index in [0.717, 1.165) is 71.2 Å². The molecule has 62 heavy (non-hydrogen) atoms. The predicted octanol–water partition coefficient (Wildman–Crippen LogP) is 10.9. The van der Waals surface area contributed by atoms with Crippen LogP contribution in [0, 0.1) is 5.92 Å². The number of rotatable bonds is 18. The molecule has 2 amide bonds. The van der Waals surface area contributed by atoms with Crippen LogP contribution in [0.5, 0.6) is 0 Å². The summed E-state index contributed by atoms with van der Waals surface area (Å²) in [7, 11) is 2.78. The van der Waals surface area contributed by atoms with Gasteiger partial charge < -0.3 is 29.4 Å². The van der Waals surface area contributed by atoms with Crippen LogP contribution in [0.3, 0.4) is 0 Å². The number of hydrogen-bond donors (Lipinski definition) is 2. The Morgan fingerprint density at radius 1 is 0.871 bits per heavy atom. The Hall–Kier alpha value is -3.95. The predicted molar refractivity (Wildman–Crippen MR) is 257 cm³/mol. The monoisotopic (exact) mass is 881 g/mol. The zero-order chi connectivity index (χ0) is 44.4. The smallest absolute Gasteiger partial charge is 0.306 e. The highest BCUT2D eigenvalue weighted by molar-refractivity contribution is 8.01. The largest absolute Gasteiger partial charge is 0.466 e. The van der Waals surface area contributed by atoms with E-state index in [1.165, 1.54) is 0 Å². The van der Waals surface area contributed by atoms with Crippen LogP contribution >= 0.6 is 21.0 Å². The molecule has 0 saturated carbocycles. The molecular weight excluding hydrogens is 814 g/mol. The van der Waals surface area contributed by atoms with Crippen LogP contribution in [-0.2, 0) is 30.3 Å². The summed E-state index contributed by atoms with van der Waals surface area (Å²) >= 11 is 1.72. The summed E-state index contributed by atoms with van der Waals surface area (Å²) in [4.78, 5) is 40.1. The van der Waals surface area contributed by atoms with E-state index in [9.17, 15) is 14.4 Å². The maximum absolute atomic E-state index is 14.6. The van der Waals surface area contributed by atoms with Crippen LogP contribution in [0.25, 0.3) is 22.4 Å². The van der Waals surface area contributed by atoms with E-state index in [1.54, 1.807) is 11.8 Å². The lowest BCUT2D eigenvalue weighted by atomic mass is 9.83. The van der Waals surface area contributed by atoms with Crippen molar-refractivity contribution >= 4 is 49.8 Å². The lowest BCUT2D eigenvalue weighted by molar-refractivity contribution is -0.152. The van der Waals surface area contributed by atoms with E-state index in [4.69, 9.17) is 14.2 Å². The molecule has 0 bridgehead atoms. The van der Waals surface area contributed by atoms with Gasteiger partial charge in [0.15, 0.2) is 0 Å². The highest BCUT2D eigenvalue weighted by Gasteiger charge is 2.38. The Kier molecular flexibility index (Phi) is 16.6. The van der Waals surface area contributed by atoms with E-state index in [-0.39, 0.29) is 52.7 Å². The van der Waals surface area contributed by atoms with E-state index in [2.05, 4.69) is 109 Å². The molecule has 2 aliphatic rings. The number of nitrogens with zero attached hydrogens (tertiary/aromatic N) is 1. The standard InChI is InChI=1S/C51H68N3O6PS/c1-8-9-28-58-44(56)30-35-29-39(59-50(4,5)33-35)24-26-52-43(55)32-42-31-40(60-51(6,7)62-42)25-27-54-47(34(2)3)46(49(57)53-38-18-14-11-15-19-38)45(36-16-12-10-13-17-36)48(54)37-20-22-41(61)23-21-37/h10-23,34-35,39-40,42H,8-9,24-33,61H2,1-7H3,(H,52,55)(H,53,57). The van der Waals surface area contributed by atoms with E-state index >= 15 is 0 Å². The van der Waals surface area contributed by atoms with E-state index < -0.39 is 4.93 Å². The molecule has 11 heteroatoms. The first-order valence-corrected chi connectivity index (χ1v) is 24.1. The first kappa shape index (κ1) is 47.5.